The lowest BCUT2D eigenvalue weighted by molar-refractivity contribution is 0.639. The number of rotatable bonds is 3. The van der Waals surface area contributed by atoms with Gasteiger partial charge in [-0.3, -0.25) is 9.36 Å². The van der Waals surface area contributed by atoms with Crippen molar-refractivity contribution >= 4 is 35.0 Å². The van der Waals surface area contributed by atoms with Crippen molar-refractivity contribution in [3.8, 4) is 0 Å². The summed E-state index contributed by atoms with van der Waals surface area (Å²) in [6.07, 6.45) is 1.90. The van der Waals surface area contributed by atoms with Gasteiger partial charge in [-0.2, -0.15) is 0 Å². The number of halogens is 2. The molecule has 0 aliphatic rings. The minimum absolute atomic E-state index is 0.0667. The number of aromatic nitrogens is 2. The third-order valence-electron chi connectivity index (χ3n) is 2.61. The van der Waals surface area contributed by atoms with Crippen molar-refractivity contribution in [3.05, 3.63) is 55.9 Å². The Labute approximate surface area is 125 Å². The first-order valence-corrected chi connectivity index (χ1v) is 7.55. The highest BCUT2D eigenvalue weighted by molar-refractivity contribution is 7.98. The van der Waals surface area contributed by atoms with Gasteiger partial charge in [0.2, 0.25) is 0 Å². The van der Waals surface area contributed by atoms with E-state index >= 15 is 0 Å². The zero-order chi connectivity index (χ0) is 14.0. The van der Waals surface area contributed by atoms with E-state index < -0.39 is 0 Å². The van der Waals surface area contributed by atoms with Crippen LogP contribution in [0.15, 0.2) is 34.2 Å². The van der Waals surface area contributed by atoms with Crippen LogP contribution in [0.1, 0.15) is 11.3 Å². The highest BCUT2D eigenvalue weighted by atomic mass is 35.5. The molecule has 0 bridgehead atoms. The molecule has 6 heteroatoms. The van der Waals surface area contributed by atoms with Crippen molar-refractivity contribution in [2.24, 2.45) is 0 Å². The molecule has 0 aliphatic carbocycles. The summed E-state index contributed by atoms with van der Waals surface area (Å²) < 4.78 is 1.62. The van der Waals surface area contributed by atoms with E-state index in [0.717, 1.165) is 11.3 Å². The summed E-state index contributed by atoms with van der Waals surface area (Å²) in [5.41, 5.74) is 1.57. The van der Waals surface area contributed by atoms with Crippen LogP contribution >= 0.6 is 35.0 Å². The van der Waals surface area contributed by atoms with Crippen LogP contribution in [-0.2, 0) is 6.54 Å². The number of benzene rings is 1. The normalized spacial score (nSPS) is 10.7. The number of thioether (sulfide) groups is 1. The molecule has 1 aromatic carbocycles. The molecule has 0 atom stereocenters. The third-order valence-corrected chi connectivity index (χ3v) is 4.02. The Hall–Kier alpha value is -0.970. The summed E-state index contributed by atoms with van der Waals surface area (Å²) in [5.74, 6) is 0. The van der Waals surface area contributed by atoms with Gasteiger partial charge in [0, 0.05) is 11.8 Å². The van der Waals surface area contributed by atoms with Gasteiger partial charge in [0.1, 0.15) is 0 Å². The summed E-state index contributed by atoms with van der Waals surface area (Å²) in [5, 5.41) is 1.68. The van der Waals surface area contributed by atoms with E-state index in [9.17, 15) is 4.79 Å². The maximum absolute atomic E-state index is 12.0. The van der Waals surface area contributed by atoms with Gasteiger partial charge in [0.25, 0.3) is 5.56 Å². The molecule has 0 saturated carbocycles. The van der Waals surface area contributed by atoms with Gasteiger partial charge in [-0.25, -0.2) is 4.98 Å². The van der Waals surface area contributed by atoms with Gasteiger partial charge in [0.05, 0.1) is 16.6 Å². The van der Waals surface area contributed by atoms with Gasteiger partial charge in [-0.15, -0.1) is 0 Å². The van der Waals surface area contributed by atoms with Crippen LogP contribution < -0.4 is 5.56 Å². The van der Waals surface area contributed by atoms with Gasteiger partial charge in [-0.1, -0.05) is 41.0 Å². The Morgan fingerprint density at radius 1 is 1.26 bits per heavy atom. The summed E-state index contributed by atoms with van der Waals surface area (Å²) in [7, 11) is 0. The van der Waals surface area contributed by atoms with Crippen LogP contribution in [0.2, 0.25) is 10.0 Å². The van der Waals surface area contributed by atoms with Crippen molar-refractivity contribution in [2.75, 3.05) is 6.26 Å². The first kappa shape index (κ1) is 14.4. The van der Waals surface area contributed by atoms with Gasteiger partial charge < -0.3 is 0 Å². The number of nitrogens with zero attached hydrogens (tertiary/aromatic N) is 2. The Morgan fingerprint density at radius 2 is 2.00 bits per heavy atom. The molecule has 0 aliphatic heterocycles. The van der Waals surface area contributed by atoms with E-state index in [1.165, 1.54) is 17.8 Å². The maximum atomic E-state index is 12.0. The minimum Gasteiger partial charge on any atom is -0.283 e. The highest BCUT2D eigenvalue weighted by Crippen LogP contribution is 2.23. The Bertz CT molecular complexity index is 670. The standard InChI is InChI=1S/C13H12Cl2N2OS/c1-8-5-12(18)17(13(16-8)19-2)7-9-3-4-10(14)11(15)6-9/h3-6H,7H2,1-2H3. The molecule has 0 amide bonds. The zero-order valence-corrected chi connectivity index (χ0v) is 12.8. The van der Waals surface area contributed by atoms with Crippen LogP contribution in [0.5, 0.6) is 0 Å². The second-order valence-corrected chi connectivity index (χ2v) is 5.64. The average molecular weight is 315 g/mol. The number of hydrogen-bond acceptors (Lipinski definition) is 3. The summed E-state index contributed by atoms with van der Waals surface area (Å²) >= 11 is 13.3. The van der Waals surface area contributed by atoms with E-state index in [0.29, 0.717) is 21.7 Å². The van der Waals surface area contributed by atoms with Crippen LogP contribution in [0.3, 0.4) is 0 Å². The number of aryl methyl sites for hydroxylation is 1. The van der Waals surface area contributed by atoms with Crippen molar-refractivity contribution in [2.45, 2.75) is 18.6 Å². The van der Waals surface area contributed by atoms with E-state index in [2.05, 4.69) is 4.98 Å². The van der Waals surface area contributed by atoms with Gasteiger partial charge >= 0.3 is 0 Å². The fourth-order valence-corrected chi connectivity index (χ4v) is 2.65. The molecule has 0 unspecified atom stereocenters. The van der Waals surface area contributed by atoms with E-state index in [4.69, 9.17) is 23.2 Å². The van der Waals surface area contributed by atoms with Crippen molar-refractivity contribution in [3.63, 3.8) is 0 Å². The molecule has 0 N–H and O–H groups in total. The molecule has 0 fully saturated rings. The molecule has 1 heterocycles. The van der Waals surface area contributed by atoms with Crippen LogP contribution in [0.4, 0.5) is 0 Å². The molecular formula is C13H12Cl2N2OS. The maximum Gasteiger partial charge on any atom is 0.254 e. The summed E-state index contributed by atoms with van der Waals surface area (Å²) in [6, 6.07) is 6.87. The van der Waals surface area contributed by atoms with Crippen LogP contribution in [0.25, 0.3) is 0 Å². The largest absolute Gasteiger partial charge is 0.283 e. The molecule has 19 heavy (non-hydrogen) atoms. The molecule has 0 spiro atoms. The molecule has 0 radical (unpaired) electrons. The minimum atomic E-state index is -0.0667. The van der Waals surface area contributed by atoms with E-state index in [-0.39, 0.29) is 5.56 Å². The third kappa shape index (κ3) is 3.32. The molecular weight excluding hydrogens is 303 g/mol. The highest BCUT2D eigenvalue weighted by Gasteiger charge is 2.08. The smallest absolute Gasteiger partial charge is 0.254 e. The quantitative estimate of drug-likeness (QED) is 0.641. The first-order chi connectivity index (χ1) is 9.01. The molecule has 3 nitrogen and oxygen atoms in total. The van der Waals surface area contributed by atoms with Crippen molar-refractivity contribution < 1.29 is 0 Å². The molecule has 2 aromatic rings. The molecule has 2 rings (SSSR count). The fourth-order valence-electron chi connectivity index (χ4n) is 1.72. The Morgan fingerprint density at radius 3 is 2.63 bits per heavy atom. The van der Waals surface area contributed by atoms with Crippen molar-refractivity contribution in [1.29, 1.82) is 0 Å². The SMILES string of the molecule is CSc1nc(C)cc(=O)n1Cc1ccc(Cl)c(Cl)c1. The van der Waals surface area contributed by atoms with Gasteiger partial charge in [-0.05, 0) is 30.9 Å². The molecule has 0 saturated heterocycles. The Kier molecular flexibility index (Phi) is 4.55. The summed E-state index contributed by atoms with van der Waals surface area (Å²) in [6.45, 7) is 2.24. The first-order valence-electron chi connectivity index (χ1n) is 5.57. The molecule has 1 aromatic heterocycles. The lowest BCUT2D eigenvalue weighted by Gasteiger charge is -2.11. The van der Waals surface area contributed by atoms with Crippen molar-refractivity contribution in [1.82, 2.24) is 9.55 Å². The predicted molar refractivity (Wildman–Crippen MR) is 80.6 cm³/mol. The second kappa shape index (κ2) is 5.99. The topological polar surface area (TPSA) is 34.9 Å². The van der Waals surface area contributed by atoms with E-state index in [1.807, 2.05) is 19.2 Å². The van der Waals surface area contributed by atoms with Gasteiger partial charge in [0.15, 0.2) is 5.16 Å². The van der Waals surface area contributed by atoms with Crippen LogP contribution in [-0.4, -0.2) is 15.8 Å². The van der Waals surface area contributed by atoms with Crippen LogP contribution in [0, 0.1) is 6.92 Å². The molecule has 100 valence electrons. The summed E-state index contributed by atoms with van der Waals surface area (Å²) in [4.78, 5) is 16.4. The number of hydrogen-bond donors (Lipinski definition) is 0. The average Bonchev–Trinajstić information content (AvgIpc) is 2.36. The van der Waals surface area contributed by atoms with E-state index in [1.54, 1.807) is 16.7 Å². The second-order valence-electron chi connectivity index (χ2n) is 4.06. The zero-order valence-electron chi connectivity index (χ0n) is 10.5. The predicted octanol–water partition coefficient (Wildman–Crippen LogP) is 3.63. The fraction of sp³-hybridized carbons (Fsp3) is 0.231. The monoisotopic (exact) mass is 314 g/mol. The Balaban J connectivity index is 2.43. The lowest BCUT2D eigenvalue weighted by Crippen LogP contribution is -2.23. The lowest BCUT2D eigenvalue weighted by atomic mass is 10.2.